The van der Waals surface area contributed by atoms with E-state index >= 15 is 0 Å². The van der Waals surface area contributed by atoms with Crippen LogP contribution in [0.15, 0.2) is 0 Å². The quantitative estimate of drug-likeness (QED) is 0.351. The summed E-state index contributed by atoms with van der Waals surface area (Å²) in [6.45, 7) is 3.75. The lowest BCUT2D eigenvalue weighted by atomic mass is 10.1. The Labute approximate surface area is 74.1 Å². The fourth-order valence-corrected chi connectivity index (χ4v) is 1.05. The van der Waals surface area contributed by atoms with E-state index in [0.717, 1.165) is 25.7 Å². The maximum atomic E-state index is 10.5. The molecule has 0 heterocycles. The van der Waals surface area contributed by atoms with Crippen molar-refractivity contribution in [3.05, 3.63) is 6.92 Å². The normalized spacial score (nSPS) is 9.83. The maximum absolute atomic E-state index is 10.5. The number of hydrogen-bond donors (Lipinski definition) is 2. The number of hydrogen-bond acceptors (Lipinski definition) is 2. The Morgan fingerprint density at radius 2 is 1.75 bits per heavy atom. The van der Waals surface area contributed by atoms with Crippen LogP contribution in [0.5, 0.6) is 0 Å². The van der Waals surface area contributed by atoms with Crippen LogP contribution in [0.1, 0.15) is 44.9 Å². The molecule has 12 heavy (non-hydrogen) atoms. The molecule has 0 fully saturated rings. The van der Waals surface area contributed by atoms with Crippen LogP contribution in [-0.2, 0) is 4.79 Å². The maximum Gasteiger partial charge on any atom is 0.243 e. The predicted octanol–water partition coefficient (Wildman–Crippen LogP) is 2.06. The Kier molecular flexibility index (Phi) is 8.12. The lowest BCUT2D eigenvalue weighted by molar-refractivity contribution is -0.129. The molecule has 0 aromatic rings. The standard InChI is InChI=1S/C9H18NO2/c1-2-3-4-5-6-7-8-9(11)10-12/h12H,1-8H2,(H,10,11). The topological polar surface area (TPSA) is 49.3 Å². The Morgan fingerprint density at radius 1 is 1.17 bits per heavy atom. The smallest absolute Gasteiger partial charge is 0.243 e. The first-order chi connectivity index (χ1) is 5.81. The Morgan fingerprint density at radius 3 is 2.33 bits per heavy atom. The molecule has 0 rings (SSSR count). The van der Waals surface area contributed by atoms with E-state index in [1.165, 1.54) is 12.8 Å². The monoisotopic (exact) mass is 172 g/mol. The molecule has 1 radical (unpaired) electrons. The first-order valence-corrected chi connectivity index (χ1v) is 4.53. The zero-order valence-electron chi connectivity index (χ0n) is 7.51. The fraction of sp³-hybridized carbons (Fsp3) is 0.778. The first-order valence-electron chi connectivity index (χ1n) is 4.53. The molecule has 2 N–H and O–H groups in total. The van der Waals surface area contributed by atoms with Gasteiger partial charge in [-0.25, -0.2) is 5.48 Å². The van der Waals surface area contributed by atoms with Crippen molar-refractivity contribution in [2.45, 2.75) is 44.9 Å². The van der Waals surface area contributed by atoms with E-state index in [0.29, 0.717) is 6.42 Å². The average Bonchev–Trinajstić information content (AvgIpc) is 2.10. The van der Waals surface area contributed by atoms with E-state index in [9.17, 15) is 4.79 Å². The van der Waals surface area contributed by atoms with Gasteiger partial charge in [-0.05, 0) is 6.42 Å². The molecule has 0 saturated heterocycles. The van der Waals surface area contributed by atoms with Crippen molar-refractivity contribution >= 4 is 5.91 Å². The molecule has 0 aromatic carbocycles. The van der Waals surface area contributed by atoms with Gasteiger partial charge < -0.3 is 0 Å². The second-order valence-electron chi connectivity index (χ2n) is 2.91. The van der Waals surface area contributed by atoms with E-state index in [2.05, 4.69) is 6.92 Å². The highest BCUT2D eigenvalue weighted by molar-refractivity contribution is 5.74. The number of rotatable bonds is 7. The SMILES string of the molecule is [CH2]CCCCCCCC(=O)NO. The summed E-state index contributed by atoms with van der Waals surface area (Å²) in [6, 6.07) is 0. The van der Waals surface area contributed by atoms with Crippen LogP contribution >= 0.6 is 0 Å². The van der Waals surface area contributed by atoms with Gasteiger partial charge in [-0.15, -0.1) is 0 Å². The van der Waals surface area contributed by atoms with Crippen molar-refractivity contribution in [1.82, 2.24) is 5.48 Å². The second-order valence-corrected chi connectivity index (χ2v) is 2.91. The third-order valence-electron chi connectivity index (χ3n) is 1.78. The molecular weight excluding hydrogens is 154 g/mol. The summed E-state index contributed by atoms with van der Waals surface area (Å²) in [5.74, 6) is -0.285. The Bertz CT molecular complexity index is 115. The van der Waals surface area contributed by atoms with Crippen molar-refractivity contribution in [2.75, 3.05) is 0 Å². The fourth-order valence-electron chi connectivity index (χ4n) is 1.05. The van der Waals surface area contributed by atoms with Gasteiger partial charge in [0.1, 0.15) is 0 Å². The molecular formula is C9H18NO2. The number of carbonyl (C=O) groups is 1. The van der Waals surface area contributed by atoms with E-state index in [-0.39, 0.29) is 5.91 Å². The van der Waals surface area contributed by atoms with E-state index in [1.807, 2.05) is 0 Å². The van der Waals surface area contributed by atoms with Crippen molar-refractivity contribution in [1.29, 1.82) is 0 Å². The largest absolute Gasteiger partial charge is 0.289 e. The van der Waals surface area contributed by atoms with E-state index in [1.54, 1.807) is 5.48 Å². The molecule has 3 heteroatoms. The molecule has 0 aliphatic carbocycles. The molecule has 0 aromatic heterocycles. The van der Waals surface area contributed by atoms with E-state index < -0.39 is 0 Å². The highest BCUT2D eigenvalue weighted by atomic mass is 16.5. The molecule has 0 unspecified atom stereocenters. The van der Waals surface area contributed by atoms with Crippen LogP contribution < -0.4 is 5.48 Å². The van der Waals surface area contributed by atoms with Gasteiger partial charge in [-0.2, -0.15) is 0 Å². The number of carbonyl (C=O) groups excluding carboxylic acids is 1. The van der Waals surface area contributed by atoms with Crippen molar-refractivity contribution in [3.8, 4) is 0 Å². The van der Waals surface area contributed by atoms with Gasteiger partial charge in [-0.3, -0.25) is 10.0 Å². The molecule has 0 atom stereocenters. The number of hydroxylamine groups is 1. The minimum atomic E-state index is -0.285. The predicted molar refractivity (Wildman–Crippen MR) is 47.6 cm³/mol. The second kappa shape index (κ2) is 8.53. The van der Waals surface area contributed by atoms with Crippen LogP contribution in [0.25, 0.3) is 0 Å². The van der Waals surface area contributed by atoms with Gasteiger partial charge in [0.15, 0.2) is 0 Å². The molecule has 0 aliphatic rings. The minimum Gasteiger partial charge on any atom is -0.289 e. The van der Waals surface area contributed by atoms with Gasteiger partial charge in [0, 0.05) is 6.42 Å². The number of amides is 1. The first kappa shape index (κ1) is 11.4. The molecule has 0 spiro atoms. The third-order valence-corrected chi connectivity index (χ3v) is 1.78. The molecule has 3 nitrogen and oxygen atoms in total. The molecule has 0 bridgehead atoms. The molecule has 71 valence electrons. The Hall–Kier alpha value is -0.570. The highest BCUT2D eigenvalue weighted by Crippen LogP contribution is 2.06. The van der Waals surface area contributed by atoms with Crippen molar-refractivity contribution in [3.63, 3.8) is 0 Å². The van der Waals surface area contributed by atoms with E-state index in [4.69, 9.17) is 5.21 Å². The summed E-state index contributed by atoms with van der Waals surface area (Å²) in [6.07, 6.45) is 6.89. The van der Waals surface area contributed by atoms with Gasteiger partial charge in [0.25, 0.3) is 0 Å². The minimum absolute atomic E-state index is 0.285. The third kappa shape index (κ3) is 7.54. The molecule has 1 amide bonds. The van der Waals surface area contributed by atoms with Crippen LogP contribution in [-0.4, -0.2) is 11.1 Å². The van der Waals surface area contributed by atoms with Crippen LogP contribution in [0.2, 0.25) is 0 Å². The molecule has 0 aliphatic heterocycles. The summed E-state index contributed by atoms with van der Waals surface area (Å²) in [7, 11) is 0. The van der Waals surface area contributed by atoms with Gasteiger partial charge in [0.2, 0.25) is 5.91 Å². The van der Waals surface area contributed by atoms with Crippen LogP contribution in [0.3, 0.4) is 0 Å². The number of unbranched alkanes of at least 4 members (excludes halogenated alkanes) is 5. The summed E-state index contributed by atoms with van der Waals surface area (Å²) >= 11 is 0. The zero-order valence-corrected chi connectivity index (χ0v) is 7.51. The average molecular weight is 172 g/mol. The van der Waals surface area contributed by atoms with Crippen LogP contribution in [0.4, 0.5) is 0 Å². The van der Waals surface area contributed by atoms with Gasteiger partial charge >= 0.3 is 0 Å². The van der Waals surface area contributed by atoms with Crippen molar-refractivity contribution in [2.24, 2.45) is 0 Å². The van der Waals surface area contributed by atoms with Crippen LogP contribution in [0, 0.1) is 6.92 Å². The molecule has 0 saturated carbocycles. The van der Waals surface area contributed by atoms with Gasteiger partial charge in [-0.1, -0.05) is 39.0 Å². The zero-order chi connectivity index (χ0) is 9.23. The lowest BCUT2D eigenvalue weighted by Gasteiger charge is -1.99. The van der Waals surface area contributed by atoms with Crippen molar-refractivity contribution < 1.29 is 10.0 Å². The lowest BCUT2D eigenvalue weighted by Crippen LogP contribution is -2.17. The Balaban J connectivity index is 2.95. The summed E-state index contributed by atoms with van der Waals surface area (Å²) < 4.78 is 0. The number of nitrogens with one attached hydrogen (secondary N) is 1. The highest BCUT2D eigenvalue weighted by Gasteiger charge is 1.97. The summed E-state index contributed by atoms with van der Waals surface area (Å²) in [4.78, 5) is 10.5. The van der Waals surface area contributed by atoms with Gasteiger partial charge in [0.05, 0.1) is 0 Å². The summed E-state index contributed by atoms with van der Waals surface area (Å²) in [5.41, 5.74) is 1.62. The summed E-state index contributed by atoms with van der Waals surface area (Å²) in [5, 5.41) is 8.17.